The number of likely N-dealkylation sites (N-methyl/N-ethyl adjacent to an activating group) is 1. The van der Waals surface area contributed by atoms with Gasteiger partial charge in [0.15, 0.2) is 0 Å². The fourth-order valence-electron chi connectivity index (χ4n) is 2.28. The van der Waals surface area contributed by atoms with Crippen molar-refractivity contribution in [3.8, 4) is 0 Å². The van der Waals surface area contributed by atoms with E-state index >= 15 is 0 Å². The van der Waals surface area contributed by atoms with Crippen molar-refractivity contribution in [3.63, 3.8) is 0 Å². The zero-order chi connectivity index (χ0) is 19.3. The zero-order valence-corrected chi connectivity index (χ0v) is 15.5. The van der Waals surface area contributed by atoms with E-state index in [1.165, 1.54) is 36.4 Å². The van der Waals surface area contributed by atoms with E-state index in [4.69, 9.17) is 16.7 Å². The van der Waals surface area contributed by atoms with Gasteiger partial charge in [0.1, 0.15) is 5.82 Å². The van der Waals surface area contributed by atoms with Gasteiger partial charge < -0.3 is 10.4 Å². The Hall–Kier alpha value is -2.00. The molecule has 0 unspecified atom stereocenters. The fourth-order valence-corrected chi connectivity index (χ4v) is 3.95. The third-order valence-corrected chi connectivity index (χ3v) is 5.87. The number of halogens is 2. The number of hydrogen-bond donors (Lipinski definition) is 2. The van der Waals surface area contributed by atoms with Gasteiger partial charge >= 0.3 is 0 Å². The number of nitrogens with zero attached hydrogens (tertiary/aromatic N) is 1. The molecule has 140 valence electrons. The molecule has 0 heterocycles. The first-order valence-electron chi connectivity index (χ1n) is 7.77. The van der Waals surface area contributed by atoms with Gasteiger partial charge in [-0.15, -0.1) is 0 Å². The highest BCUT2D eigenvalue weighted by molar-refractivity contribution is 7.89. The summed E-state index contributed by atoms with van der Waals surface area (Å²) in [5, 5.41) is 11.4. The molecule has 26 heavy (non-hydrogen) atoms. The SMILES string of the molecule is CCN(CCO)S(=O)(=O)c1cccc(C(=O)Nc2ccc(F)c(Cl)c2)c1. The van der Waals surface area contributed by atoms with Gasteiger partial charge in [0.2, 0.25) is 10.0 Å². The van der Waals surface area contributed by atoms with Gasteiger partial charge in [-0.25, -0.2) is 12.8 Å². The number of rotatable bonds is 7. The average Bonchev–Trinajstić information content (AvgIpc) is 2.62. The topological polar surface area (TPSA) is 86.7 Å². The maximum absolute atomic E-state index is 13.2. The number of anilines is 1. The lowest BCUT2D eigenvalue weighted by Gasteiger charge is -2.19. The second-order valence-corrected chi connectivity index (χ2v) is 7.68. The lowest BCUT2D eigenvalue weighted by molar-refractivity contribution is 0.102. The van der Waals surface area contributed by atoms with Gasteiger partial charge in [-0.05, 0) is 36.4 Å². The van der Waals surface area contributed by atoms with Gasteiger partial charge in [-0.2, -0.15) is 4.31 Å². The maximum Gasteiger partial charge on any atom is 0.255 e. The van der Waals surface area contributed by atoms with Crippen LogP contribution in [0.2, 0.25) is 5.02 Å². The Kier molecular flexibility index (Phi) is 6.71. The summed E-state index contributed by atoms with van der Waals surface area (Å²) in [6, 6.07) is 9.26. The van der Waals surface area contributed by atoms with Crippen LogP contribution in [-0.2, 0) is 10.0 Å². The lowest BCUT2D eigenvalue weighted by Crippen LogP contribution is -2.33. The molecule has 0 aliphatic heterocycles. The van der Waals surface area contributed by atoms with E-state index in [0.29, 0.717) is 0 Å². The van der Waals surface area contributed by atoms with Crippen LogP contribution in [0.1, 0.15) is 17.3 Å². The van der Waals surface area contributed by atoms with Crippen molar-refractivity contribution in [2.24, 2.45) is 0 Å². The largest absolute Gasteiger partial charge is 0.395 e. The zero-order valence-electron chi connectivity index (χ0n) is 13.9. The minimum atomic E-state index is -3.83. The van der Waals surface area contributed by atoms with Crippen LogP contribution in [0.25, 0.3) is 0 Å². The van der Waals surface area contributed by atoms with Gasteiger partial charge in [0, 0.05) is 24.3 Å². The molecule has 2 aromatic rings. The van der Waals surface area contributed by atoms with E-state index < -0.39 is 21.7 Å². The molecule has 0 fully saturated rings. The molecule has 6 nitrogen and oxygen atoms in total. The molecule has 2 aromatic carbocycles. The van der Waals surface area contributed by atoms with E-state index in [-0.39, 0.29) is 40.9 Å². The van der Waals surface area contributed by atoms with Crippen LogP contribution in [0.3, 0.4) is 0 Å². The van der Waals surface area contributed by atoms with Gasteiger partial charge in [0.25, 0.3) is 5.91 Å². The van der Waals surface area contributed by atoms with Gasteiger partial charge in [0.05, 0.1) is 16.5 Å². The Labute approximate surface area is 156 Å². The summed E-state index contributed by atoms with van der Waals surface area (Å²) in [6.07, 6.45) is 0. The second-order valence-electron chi connectivity index (χ2n) is 5.33. The minimum absolute atomic E-state index is 0.0384. The number of sulfonamides is 1. The molecule has 0 spiro atoms. The standard InChI is InChI=1S/C17H18ClFN2O4S/c1-2-21(8-9-22)26(24,25)14-5-3-4-12(10-14)17(23)20-13-6-7-16(19)15(18)11-13/h3-7,10-11,22H,2,8-9H2,1H3,(H,20,23). The van der Waals surface area contributed by atoms with Crippen molar-refractivity contribution < 1.29 is 22.7 Å². The summed E-state index contributed by atoms with van der Waals surface area (Å²) in [5.74, 6) is -1.17. The number of aliphatic hydroxyl groups is 1. The summed E-state index contributed by atoms with van der Waals surface area (Å²) in [5.41, 5.74) is 0.400. The van der Waals surface area contributed by atoms with Crippen LogP contribution < -0.4 is 5.32 Å². The Morgan fingerprint density at radius 3 is 2.62 bits per heavy atom. The molecule has 9 heteroatoms. The van der Waals surface area contributed by atoms with E-state index in [1.807, 2.05) is 0 Å². The molecule has 0 aliphatic rings. The number of nitrogens with one attached hydrogen (secondary N) is 1. The van der Waals surface area contributed by atoms with Crippen LogP contribution in [0.15, 0.2) is 47.4 Å². The van der Waals surface area contributed by atoms with Crippen molar-refractivity contribution in [1.29, 1.82) is 0 Å². The second kappa shape index (κ2) is 8.59. The molecule has 1 amide bonds. The molecule has 0 atom stereocenters. The van der Waals surface area contributed by atoms with Crippen molar-refractivity contribution in [1.82, 2.24) is 4.31 Å². The van der Waals surface area contributed by atoms with Crippen molar-refractivity contribution in [3.05, 3.63) is 58.9 Å². The number of aliphatic hydroxyl groups excluding tert-OH is 1. The highest BCUT2D eigenvalue weighted by Gasteiger charge is 2.23. The third kappa shape index (κ3) is 4.59. The van der Waals surface area contributed by atoms with E-state index in [1.54, 1.807) is 6.92 Å². The molecular weight excluding hydrogens is 383 g/mol. The van der Waals surface area contributed by atoms with Crippen LogP contribution in [-0.4, -0.2) is 43.4 Å². The third-order valence-electron chi connectivity index (χ3n) is 3.61. The van der Waals surface area contributed by atoms with E-state index in [0.717, 1.165) is 10.4 Å². The number of carbonyl (C=O) groups excluding carboxylic acids is 1. The summed E-state index contributed by atoms with van der Waals surface area (Å²) in [7, 11) is -3.83. The highest BCUT2D eigenvalue weighted by Crippen LogP contribution is 2.21. The van der Waals surface area contributed by atoms with Gasteiger partial charge in [-0.1, -0.05) is 24.6 Å². The first-order valence-corrected chi connectivity index (χ1v) is 9.59. The Morgan fingerprint density at radius 1 is 1.27 bits per heavy atom. The first-order chi connectivity index (χ1) is 12.3. The van der Waals surface area contributed by atoms with Crippen LogP contribution in [0, 0.1) is 5.82 Å². The summed E-state index contributed by atoms with van der Waals surface area (Å²) in [4.78, 5) is 12.3. The fraction of sp³-hybridized carbons (Fsp3) is 0.235. The molecular formula is C17H18ClFN2O4S. The van der Waals surface area contributed by atoms with Crippen molar-refractivity contribution in [2.75, 3.05) is 25.0 Å². The number of carbonyl (C=O) groups is 1. The quantitative estimate of drug-likeness (QED) is 0.748. The highest BCUT2D eigenvalue weighted by atomic mass is 35.5. The molecule has 0 aliphatic carbocycles. The smallest absolute Gasteiger partial charge is 0.255 e. The average molecular weight is 401 g/mol. The predicted octanol–water partition coefficient (Wildman–Crippen LogP) is 2.73. The van der Waals surface area contributed by atoms with Crippen LogP contribution >= 0.6 is 11.6 Å². The monoisotopic (exact) mass is 400 g/mol. The summed E-state index contributed by atoms with van der Waals surface area (Å²) < 4.78 is 39.5. The number of amides is 1. The molecule has 0 radical (unpaired) electrons. The Bertz CT molecular complexity index is 905. The Balaban J connectivity index is 2.27. The molecule has 0 aromatic heterocycles. The lowest BCUT2D eigenvalue weighted by atomic mass is 10.2. The minimum Gasteiger partial charge on any atom is -0.395 e. The molecule has 0 saturated carbocycles. The Morgan fingerprint density at radius 2 is 2.00 bits per heavy atom. The maximum atomic E-state index is 13.2. The van der Waals surface area contributed by atoms with E-state index in [9.17, 15) is 17.6 Å². The first kappa shape index (κ1) is 20.3. The molecule has 2 rings (SSSR count). The van der Waals surface area contributed by atoms with E-state index in [2.05, 4.69) is 5.32 Å². The van der Waals surface area contributed by atoms with Crippen molar-refractivity contribution >= 4 is 33.2 Å². The predicted molar refractivity (Wildman–Crippen MR) is 97.3 cm³/mol. The number of hydrogen-bond acceptors (Lipinski definition) is 4. The summed E-state index contributed by atoms with van der Waals surface area (Å²) >= 11 is 5.68. The van der Waals surface area contributed by atoms with Gasteiger partial charge in [-0.3, -0.25) is 4.79 Å². The normalized spacial score (nSPS) is 11.6. The van der Waals surface area contributed by atoms with Crippen molar-refractivity contribution in [2.45, 2.75) is 11.8 Å². The summed E-state index contributed by atoms with van der Waals surface area (Å²) in [6.45, 7) is 1.50. The van der Waals surface area contributed by atoms with Crippen LogP contribution in [0.4, 0.5) is 10.1 Å². The molecule has 0 saturated heterocycles. The molecule has 2 N–H and O–H groups in total. The van der Waals surface area contributed by atoms with Crippen LogP contribution in [0.5, 0.6) is 0 Å². The number of benzene rings is 2. The molecule has 0 bridgehead atoms.